The molecule has 1 N–H and O–H groups in total. The molecular weight excluding hydrogens is 272 g/mol. The van der Waals surface area contributed by atoms with Crippen LogP contribution in [0, 0.1) is 5.92 Å². The number of unbranched alkanes of at least 4 members (excludes halogenated alkanes) is 11. The van der Waals surface area contributed by atoms with Gasteiger partial charge in [-0.15, -0.1) is 0 Å². The Kier molecular flexibility index (Phi) is 14.6. The first-order valence-corrected chi connectivity index (χ1v) is 9.49. The number of hydrogen-bond donors (Lipinski definition) is 1. The lowest BCUT2D eigenvalue weighted by Gasteiger charge is -2.10. The molecule has 0 saturated heterocycles. The van der Waals surface area contributed by atoms with Crippen LogP contribution in [0.4, 0.5) is 0 Å². The fourth-order valence-electron chi connectivity index (χ4n) is 2.94. The van der Waals surface area contributed by atoms with Crippen molar-refractivity contribution in [3.63, 3.8) is 0 Å². The van der Waals surface area contributed by atoms with Crippen molar-refractivity contribution in [2.75, 3.05) is 0 Å². The first kappa shape index (κ1) is 21.2. The van der Waals surface area contributed by atoms with Gasteiger partial charge in [0.05, 0.1) is 0 Å². The lowest BCUT2D eigenvalue weighted by Crippen LogP contribution is -2.04. The summed E-state index contributed by atoms with van der Waals surface area (Å²) in [5.41, 5.74) is 0.353. The fourth-order valence-corrected chi connectivity index (χ4v) is 2.94. The van der Waals surface area contributed by atoms with E-state index in [0.717, 1.165) is 6.42 Å². The molecule has 0 bridgehead atoms. The van der Waals surface area contributed by atoms with Crippen molar-refractivity contribution in [3.05, 3.63) is 12.2 Å². The summed E-state index contributed by atoms with van der Waals surface area (Å²) in [4.78, 5) is 10.7. The molecule has 0 fully saturated rings. The maximum atomic E-state index is 10.7. The Labute approximate surface area is 138 Å². The Bertz CT molecular complexity index is 283. The van der Waals surface area contributed by atoms with Gasteiger partial charge in [0, 0.05) is 5.57 Å². The Balaban J connectivity index is 3.23. The third kappa shape index (κ3) is 14.2. The summed E-state index contributed by atoms with van der Waals surface area (Å²) >= 11 is 0. The molecule has 0 amide bonds. The molecule has 0 aromatic carbocycles. The summed E-state index contributed by atoms with van der Waals surface area (Å²) < 4.78 is 0. The summed E-state index contributed by atoms with van der Waals surface area (Å²) in [6.45, 7) is 8.00. The van der Waals surface area contributed by atoms with E-state index in [1.165, 1.54) is 77.0 Å². The lowest BCUT2D eigenvalue weighted by atomic mass is 9.95. The molecule has 2 nitrogen and oxygen atoms in total. The quantitative estimate of drug-likeness (QED) is 0.253. The second-order valence-corrected chi connectivity index (χ2v) is 6.90. The molecule has 0 aliphatic rings. The van der Waals surface area contributed by atoms with Crippen LogP contribution in [0.15, 0.2) is 12.2 Å². The third-order valence-electron chi connectivity index (χ3n) is 4.45. The van der Waals surface area contributed by atoms with E-state index in [9.17, 15) is 4.79 Å². The van der Waals surface area contributed by atoms with Gasteiger partial charge in [-0.1, -0.05) is 104 Å². The van der Waals surface area contributed by atoms with Gasteiger partial charge in [-0.2, -0.15) is 0 Å². The third-order valence-corrected chi connectivity index (χ3v) is 4.45. The van der Waals surface area contributed by atoms with Crippen LogP contribution in [-0.4, -0.2) is 11.1 Å². The van der Waals surface area contributed by atoms with Crippen molar-refractivity contribution in [1.29, 1.82) is 0 Å². The SMILES string of the molecule is C=C(CC(C)CCCCCCCCCCCCCC)C(=O)O. The van der Waals surface area contributed by atoms with Crippen LogP contribution in [0.3, 0.4) is 0 Å². The normalized spacial score (nSPS) is 12.3. The van der Waals surface area contributed by atoms with Crippen LogP contribution in [0.25, 0.3) is 0 Å². The van der Waals surface area contributed by atoms with Crippen LogP contribution in [0.1, 0.15) is 104 Å². The minimum atomic E-state index is -0.846. The van der Waals surface area contributed by atoms with Crippen LogP contribution in [0.5, 0.6) is 0 Å². The smallest absolute Gasteiger partial charge is 0.330 e. The Morgan fingerprint density at radius 1 is 0.864 bits per heavy atom. The van der Waals surface area contributed by atoms with Gasteiger partial charge in [0.1, 0.15) is 0 Å². The van der Waals surface area contributed by atoms with Crippen molar-refractivity contribution in [3.8, 4) is 0 Å². The second-order valence-electron chi connectivity index (χ2n) is 6.90. The Hall–Kier alpha value is -0.790. The highest BCUT2D eigenvalue weighted by molar-refractivity contribution is 5.85. The molecule has 0 aromatic heterocycles. The van der Waals surface area contributed by atoms with Crippen LogP contribution >= 0.6 is 0 Å². The van der Waals surface area contributed by atoms with Gasteiger partial charge in [0.25, 0.3) is 0 Å². The standard InChI is InChI=1S/C20H38O2/c1-4-5-6-7-8-9-10-11-12-13-14-15-16-18(2)17-19(3)20(21)22/h18H,3-17H2,1-2H3,(H,21,22). The van der Waals surface area contributed by atoms with Gasteiger partial charge in [-0.25, -0.2) is 4.79 Å². The molecule has 22 heavy (non-hydrogen) atoms. The minimum absolute atomic E-state index is 0.353. The number of carboxylic acids is 1. The monoisotopic (exact) mass is 310 g/mol. The Morgan fingerprint density at radius 2 is 1.27 bits per heavy atom. The molecule has 0 heterocycles. The minimum Gasteiger partial charge on any atom is -0.478 e. The summed E-state index contributed by atoms with van der Waals surface area (Å²) in [6.07, 6.45) is 18.2. The summed E-state index contributed by atoms with van der Waals surface area (Å²) in [5.74, 6) is -0.395. The van der Waals surface area contributed by atoms with Gasteiger partial charge >= 0.3 is 5.97 Å². The number of rotatable bonds is 16. The van der Waals surface area contributed by atoms with Crippen LogP contribution in [-0.2, 0) is 4.79 Å². The number of carbonyl (C=O) groups is 1. The van der Waals surface area contributed by atoms with E-state index in [2.05, 4.69) is 20.4 Å². The first-order chi connectivity index (χ1) is 10.6. The van der Waals surface area contributed by atoms with E-state index in [-0.39, 0.29) is 0 Å². The topological polar surface area (TPSA) is 37.3 Å². The van der Waals surface area contributed by atoms with E-state index in [1.807, 2.05) is 0 Å². The van der Waals surface area contributed by atoms with E-state index >= 15 is 0 Å². The maximum Gasteiger partial charge on any atom is 0.330 e. The van der Waals surface area contributed by atoms with Gasteiger partial charge in [0.2, 0.25) is 0 Å². The highest BCUT2D eigenvalue weighted by atomic mass is 16.4. The molecule has 0 spiro atoms. The first-order valence-electron chi connectivity index (χ1n) is 9.49. The van der Waals surface area contributed by atoms with Crippen molar-refractivity contribution >= 4 is 5.97 Å². The number of hydrogen-bond acceptors (Lipinski definition) is 1. The zero-order chi connectivity index (χ0) is 16.6. The summed E-state index contributed by atoms with van der Waals surface area (Å²) in [7, 11) is 0. The Morgan fingerprint density at radius 3 is 1.68 bits per heavy atom. The molecule has 1 atom stereocenters. The molecule has 2 heteroatoms. The highest BCUT2D eigenvalue weighted by Crippen LogP contribution is 2.18. The van der Waals surface area contributed by atoms with Gasteiger partial charge in [-0.3, -0.25) is 0 Å². The fraction of sp³-hybridized carbons (Fsp3) is 0.850. The number of aliphatic carboxylic acids is 1. The van der Waals surface area contributed by atoms with E-state index in [1.54, 1.807) is 0 Å². The van der Waals surface area contributed by atoms with Crippen molar-refractivity contribution in [2.24, 2.45) is 5.92 Å². The predicted molar refractivity (Wildman–Crippen MR) is 96.3 cm³/mol. The molecule has 0 aliphatic heterocycles. The lowest BCUT2D eigenvalue weighted by molar-refractivity contribution is -0.132. The molecule has 0 aliphatic carbocycles. The van der Waals surface area contributed by atoms with Crippen molar-refractivity contribution in [1.82, 2.24) is 0 Å². The van der Waals surface area contributed by atoms with Crippen LogP contribution in [0.2, 0.25) is 0 Å². The molecule has 0 saturated carbocycles. The zero-order valence-electron chi connectivity index (χ0n) is 15.0. The van der Waals surface area contributed by atoms with Gasteiger partial charge in [0.15, 0.2) is 0 Å². The van der Waals surface area contributed by atoms with E-state index in [4.69, 9.17) is 5.11 Å². The average Bonchev–Trinajstić information content (AvgIpc) is 2.48. The van der Waals surface area contributed by atoms with Gasteiger partial charge < -0.3 is 5.11 Å². The van der Waals surface area contributed by atoms with Crippen molar-refractivity contribution in [2.45, 2.75) is 104 Å². The zero-order valence-corrected chi connectivity index (χ0v) is 15.0. The maximum absolute atomic E-state index is 10.7. The second kappa shape index (κ2) is 15.1. The molecule has 0 radical (unpaired) electrons. The average molecular weight is 311 g/mol. The summed E-state index contributed by atoms with van der Waals surface area (Å²) in [5, 5.41) is 8.80. The van der Waals surface area contributed by atoms with E-state index < -0.39 is 5.97 Å². The molecule has 0 aromatic rings. The number of carboxylic acid groups (broad SMARTS) is 1. The molecule has 0 rings (SSSR count). The molecular formula is C20H38O2. The molecule has 1 unspecified atom stereocenters. The predicted octanol–water partition coefficient (Wildman–Crippen LogP) is 6.74. The molecule has 130 valence electrons. The van der Waals surface area contributed by atoms with Crippen LogP contribution < -0.4 is 0 Å². The van der Waals surface area contributed by atoms with Gasteiger partial charge in [-0.05, 0) is 12.3 Å². The largest absolute Gasteiger partial charge is 0.478 e. The summed E-state index contributed by atoms with van der Waals surface area (Å²) in [6, 6.07) is 0. The highest BCUT2D eigenvalue weighted by Gasteiger charge is 2.09. The van der Waals surface area contributed by atoms with E-state index in [0.29, 0.717) is 17.9 Å². The van der Waals surface area contributed by atoms with Crippen molar-refractivity contribution < 1.29 is 9.90 Å².